The number of pyridine rings is 1. The molecule has 0 saturated carbocycles. The number of rotatable bonds is 4. The third-order valence-electron chi connectivity index (χ3n) is 4.69. The lowest BCUT2D eigenvalue weighted by atomic mass is 10.2. The average molecular weight is 384 g/mol. The zero-order chi connectivity index (χ0) is 18.9. The monoisotopic (exact) mass is 384 g/mol. The molecule has 0 atom stereocenters. The van der Waals surface area contributed by atoms with Crippen molar-refractivity contribution in [2.24, 2.45) is 0 Å². The van der Waals surface area contributed by atoms with Crippen LogP contribution in [0.1, 0.15) is 29.0 Å². The van der Waals surface area contributed by atoms with E-state index in [0.717, 1.165) is 17.8 Å². The van der Waals surface area contributed by atoms with Crippen molar-refractivity contribution in [2.45, 2.75) is 19.4 Å². The van der Waals surface area contributed by atoms with E-state index in [4.69, 9.17) is 0 Å². The minimum absolute atomic E-state index is 0.174. The number of amides is 1. The molecule has 8 heteroatoms. The predicted octanol–water partition coefficient (Wildman–Crippen LogP) is 2.19. The Bertz CT molecular complexity index is 1070. The summed E-state index contributed by atoms with van der Waals surface area (Å²) in [7, 11) is -3.25. The number of aromatic nitrogens is 2. The topological polar surface area (TPSA) is 83.8 Å². The van der Waals surface area contributed by atoms with Gasteiger partial charge in [-0.15, -0.1) is 0 Å². The van der Waals surface area contributed by atoms with Crippen molar-refractivity contribution >= 4 is 27.1 Å². The molecule has 27 heavy (non-hydrogen) atoms. The summed E-state index contributed by atoms with van der Waals surface area (Å²) in [6.45, 7) is 0.792. The van der Waals surface area contributed by atoms with Gasteiger partial charge in [-0.1, -0.05) is 6.07 Å². The first kappa shape index (κ1) is 17.5. The summed E-state index contributed by atoms with van der Waals surface area (Å²) in [5.74, 6) is 0.693. The van der Waals surface area contributed by atoms with E-state index in [9.17, 15) is 13.2 Å². The third-order valence-corrected chi connectivity index (χ3v) is 6.56. The Hall–Kier alpha value is -2.87. The molecule has 0 bridgehead atoms. The van der Waals surface area contributed by atoms with Gasteiger partial charge in [0.15, 0.2) is 0 Å². The van der Waals surface area contributed by atoms with Crippen LogP contribution in [0.5, 0.6) is 0 Å². The Labute approximate surface area is 157 Å². The molecule has 7 nitrogen and oxygen atoms in total. The summed E-state index contributed by atoms with van der Waals surface area (Å²) in [4.78, 5) is 16.7. The maximum absolute atomic E-state index is 12.4. The van der Waals surface area contributed by atoms with Crippen LogP contribution in [0, 0.1) is 0 Å². The number of fused-ring (bicyclic) bond motifs is 1. The molecule has 3 aromatic rings. The van der Waals surface area contributed by atoms with Crippen LogP contribution < -0.4 is 9.62 Å². The molecule has 1 fully saturated rings. The Morgan fingerprint density at radius 2 is 1.93 bits per heavy atom. The molecule has 2 aromatic heterocycles. The van der Waals surface area contributed by atoms with E-state index in [1.807, 2.05) is 28.8 Å². The first-order valence-corrected chi connectivity index (χ1v) is 10.5. The average Bonchev–Trinajstić information content (AvgIpc) is 3.09. The van der Waals surface area contributed by atoms with Crippen LogP contribution in [-0.4, -0.2) is 36.0 Å². The van der Waals surface area contributed by atoms with Crippen molar-refractivity contribution in [1.82, 2.24) is 14.7 Å². The molecule has 0 aliphatic carbocycles. The van der Waals surface area contributed by atoms with E-state index in [-0.39, 0.29) is 11.7 Å². The van der Waals surface area contributed by atoms with Crippen LogP contribution in [0.4, 0.5) is 5.69 Å². The molecule has 3 heterocycles. The highest BCUT2D eigenvalue weighted by molar-refractivity contribution is 7.92. The van der Waals surface area contributed by atoms with Gasteiger partial charge in [0, 0.05) is 18.3 Å². The molecule has 4 rings (SSSR count). The summed E-state index contributed by atoms with van der Waals surface area (Å²) in [5.41, 5.74) is 2.05. The van der Waals surface area contributed by atoms with Gasteiger partial charge in [-0.2, -0.15) is 0 Å². The number of benzene rings is 1. The Kier molecular flexibility index (Phi) is 4.57. The summed E-state index contributed by atoms with van der Waals surface area (Å²) >= 11 is 0. The van der Waals surface area contributed by atoms with Crippen LogP contribution in [0.25, 0.3) is 5.52 Å². The van der Waals surface area contributed by atoms with Gasteiger partial charge in [-0.3, -0.25) is 9.10 Å². The van der Waals surface area contributed by atoms with Crippen LogP contribution in [0.15, 0.2) is 54.9 Å². The molecule has 0 radical (unpaired) electrons. The fraction of sp³-hybridized carbons (Fsp3) is 0.263. The van der Waals surface area contributed by atoms with E-state index in [2.05, 4.69) is 10.3 Å². The van der Waals surface area contributed by atoms with E-state index in [1.54, 1.807) is 30.5 Å². The van der Waals surface area contributed by atoms with E-state index in [1.165, 1.54) is 4.31 Å². The molecule has 1 amide bonds. The molecule has 1 N–H and O–H groups in total. The quantitative estimate of drug-likeness (QED) is 0.747. The van der Waals surface area contributed by atoms with Crippen molar-refractivity contribution < 1.29 is 13.2 Å². The van der Waals surface area contributed by atoms with Crippen LogP contribution >= 0.6 is 0 Å². The van der Waals surface area contributed by atoms with Gasteiger partial charge in [0.05, 0.1) is 29.7 Å². The van der Waals surface area contributed by atoms with Gasteiger partial charge < -0.3 is 9.72 Å². The second kappa shape index (κ2) is 7.03. The Morgan fingerprint density at radius 1 is 1.11 bits per heavy atom. The number of imidazole rings is 1. The number of carbonyl (C=O) groups is 1. The molecular weight excluding hydrogens is 364 g/mol. The minimum Gasteiger partial charge on any atom is -0.345 e. The number of anilines is 1. The van der Waals surface area contributed by atoms with E-state index >= 15 is 0 Å². The summed E-state index contributed by atoms with van der Waals surface area (Å²) in [6.07, 6.45) is 5.20. The molecule has 1 saturated heterocycles. The van der Waals surface area contributed by atoms with E-state index in [0.29, 0.717) is 30.8 Å². The van der Waals surface area contributed by atoms with Gasteiger partial charge in [-0.25, -0.2) is 13.4 Å². The number of nitrogens with zero attached hydrogens (tertiary/aromatic N) is 3. The molecule has 140 valence electrons. The Balaban J connectivity index is 1.45. The first-order chi connectivity index (χ1) is 13.0. The first-order valence-electron chi connectivity index (χ1n) is 8.84. The second-order valence-corrected chi connectivity index (χ2v) is 8.51. The highest BCUT2D eigenvalue weighted by Crippen LogP contribution is 2.23. The van der Waals surface area contributed by atoms with Crippen molar-refractivity contribution in [3.63, 3.8) is 0 Å². The molecule has 0 unspecified atom stereocenters. The standard InChI is InChI=1S/C19H20N4O3S/c24-19(21-14-18-20-13-17-5-1-2-10-22(17)18)15-6-8-16(9-7-15)23-11-3-4-12-27(23,25)26/h1-2,5-10,13H,3-4,11-12,14H2,(H,21,24). The van der Waals surface area contributed by atoms with Gasteiger partial charge in [-0.05, 0) is 49.2 Å². The smallest absolute Gasteiger partial charge is 0.251 e. The number of carbonyl (C=O) groups excluding carboxylic acids is 1. The predicted molar refractivity (Wildman–Crippen MR) is 103 cm³/mol. The highest BCUT2D eigenvalue weighted by Gasteiger charge is 2.26. The van der Waals surface area contributed by atoms with Crippen molar-refractivity contribution in [3.05, 3.63) is 66.2 Å². The summed E-state index contributed by atoms with van der Waals surface area (Å²) < 4.78 is 27.7. The van der Waals surface area contributed by atoms with Crippen LogP contribution in [0.3, 0.4) is 0 Å². The fourth-order valence-corrected chi connectivity index (χ4v) is 4.89. The lowest BCUT2D eigenvalue weighted by Gasteiger charge is -2.28. The van der Waals surface area contributed by atoms with Crippen molar-refractivity contribution in [2.75, 3.05) is 16.6 Å². The van der Waals surface area contributed by atoms with Gasteiger partial charge in [0.25, 0.3) is 5.91 Å². The normalized spacial score (nSPS) is 16.4. The zero-order valence-electron chi connectivity index (χ0n) is 14.7. The lowest BCUT2D eigenvalue weighted by molar-refractivity contribution is 0.0950. The largest absolute Gasteiger partial charge is 0.345 e. The van der Waals surface area contributed by atoms with Gasteiger partial charge in [0.1, 0.15) is 5.82 Å². The summed E-state index contributed by atoms with van der Waals surface area (Å²) in [6, 6.07) is 12.5. The molecule has 1 aromatic carbocycles. The molecule has 1 aliphatic heterocycles. The molecule has 1 aliphatic rings. The Morgan fingerprint density at radius 3 is 2.70 bits per heavy atom. The summed E-state index contributed by atoms with van der Waals surface area (Å²) in [5, 5.41) is 2.85. The lowest BCUT2D eigenvalue weighted by Crippen LogP contribution is -2.37. The van der Waals surface area contributed by atoms with Gasteiger partial charge >= 0.3 is 0 Å². The zero-order valence-corrected chi connectivity index (χ0v) is 15.5. The van der Waals surface area contributed by atoms with Crippen molar-refractivity contribution in [3.8, 4) is 0 Å². The van der Waals surface area contributed by atoms with Gasteiger partial charge in [0.2, 0.25) is 10.0 Å². The van der Waals surface area contributed by atoms with Crippen LogP contribution in [-0.2, 0) is 16.6 Å². The number of sulfonamides is 1. The fourth-order valence-electron chi connectivity index (χ4n) is 3.25. The number of hydrogen-bond acceptors (Lipinski definition) is 4. The molecular formula is C19H20N4O3S. The third kappa shape index (κ3) is 3.52. The number of nitrogens with one attached hydrogen (secondary N) is 1. The van der Waals surface area contributed by atoms with Crippen LogP contribution in [0.2, 0.25) is 0 Å². The maximum atomic E-state index is 12.4. The minimum atomic E-state index is -3.25. The van der Waals surface area contributed by atoms with Crippen molar-refractivity contribution in [1.29, 1.82) is 0 Å². The highest BCUT2D eigenvalue weighted by atomic mass is 32.2. The maximum Gasteiger partial charge on any atom is 0.251 e. The number of hydrogen-bond donors (Lipinski definition) is 1. The molecule has 0 spiro atoms. The SMILES string of the molecule is O=C(NCc1ncc2ccccn12)c1ccc(N2CCCCS2(=O)=O)cc1. The van der Waals surface area contributed by atoms with E-state index < -0.39 is 10.0 Å². The second-order valence-electron chi connectivity index (χ2n) is 6.49.